The zero-order valence-corrected chi connectivity index (χ0v) is 18.2. The molecule has 0 spiro atoms. The highest BCUT2D eigenvalue weighted by atomic mass is 127. The molecule has 1 saturated heterocycles. The third-order valence-corrected chi connectivity index (χ3v) is 4.52. The Hall–Kier alpha value is -2.30. The Kier molecular flexibility index (Phi) is 8.09. The Balaban J connectivity index is 0.00000280. The minimum atomic E-state index is -0.311. The van der Waals surface area contributed by atoms with Crippen LogP contribution < -0.4 is 20.3 Å². The van der Waals surface area contributed by atoms with Crippen LogP contribution in [-0.4, -0.2) is 49.3 Å². The van der Waals surface area contributed by atoms with E-state index in [0.29, 0.717) is 36.2 Å². The van der Waals surface area contributed by atoms with Gasteiger partial charge in [0.15, 0.2) is 17.6 Å². The Morgan fingerprint density at radius 3 is 2.96 bits per heavy atom. The Labute approximate surface area is 181 Å². The molecule has 0 saturated carbocycles. The topological polar surface area (TPSA) is 82.0 Å². The summed E-state index contributed by atoms with van der Waals surface area (Å²) in [4.78, 5) is 10.3. The lowest BCUT2D eigenvalue weighted by atomic mass is 10.2. The quantitative estimate of drug-likeness (QED) is 0.332. The summed E-state index contributed by atoms with van der Waals surface area (Å²) in [6.45, 7) is 1.76. The highest BCUT2D eigenvalue weighted by molar-refractivity contribution is 14.0. The number of halogens is 2. The second-order valence-corrected chi connectivity index (χ2v) is 6.31. The second kappa shape index (κ2) is 10.3. The normalized spacial score (nSPS) is 16.5. The molecule has 0 amide bonds. The first-order valence-electron chi connectivity index (χ1n) is 8.79. The van der Waals surface area contributed by atoms with Gasteiger partial charge in [0.25, 0.3) is 0 Å². The van der Waals surface area contributed by atoms with Gasteiger partial charge < -0.3 is 25.4 Å². The van der Waals surface area contributed by atoms with Gasteiger partial charge in [-0.2, -0.15) is 0 Å². The number of guanidine groups is 1. The molecular formula is C19H25FIN5O2. The van der Waals surface area contributed by atoms with E-state index in [4.69, 9.17) is 4.74 Å². The molecular weight excluding hydrogens is 476 g/mol. The maximum absolute atomic E-state index is 13.9. The second-order valence-electron chi connectivity index (χ2n) is 6.31. The van der Waals surface area contributed by atoms with Crippen LogP contribution in [0.3, 0.4) is 0 Å². The summed E-state index contributed by atoms with van der Waals surface area (Å²) in [5, 5.41) is 16.5. The molecule has 0 aliphatic carbocycles. The van der Waals surface area contributed by atoms with Crippen molar-refractivity contribution in [2.45, 2.75) is 19.0 Å². The standard InChI is InChI=1S/C19H24FN5O2.HI/c1-21-19(23-11-13-10-15(27-2)5-6-17(13)26)24-14-7-9-25(12-14)18-16(20)4-3-8-22-18;/h3-6,8,10,14,26H,7,9,11-12H2,1-2H3,(H2,21,23,24);1H. The molecule has 3 rings (SSSR count). The van der Waals surface area contributed by atoms with Crippen molar-refractivity contribution in [1.29, 1.82) is 0 Å². The van der Waals surface area contributed by atoms with Gasteiger partial charge in [-0.3, -0.25) is 4.99 Å². The molecule has 1 aliphatic rings. The fraction of sp³-hybridized carbons (Fsp3) is 0.368. The van der Waals surface area contributed by atoms with Crippen molar-refractivity contribution in [2.75, 3.05) is 32.1 Å². The fourth-order valence-electron chi connectivity index (χ4n) is 3.08. The number of ether oxygens (including phenoxy) is 1. The van der Waals surface area contributed by atoms with E-state index < -0.39 is 0 Å². The monoisotopic (exact) mass is 501 g/mol. The molecule has 0 bridgehead atoms. The lowest BCUT2D eigenvalue weighted by Crippen LogP contribution is -2.44. The van der Waals surface area contributed by atoms with Crippen LogP contribution in [0.2, 0.25) is 0 Å². The molecule has 9 heteroatoms. The molecule has 152 valence electrons. The van der Waals surface area contributed by atoms with Gasteiger partial charge in [0.05, 0.1) is 7.11 Å². The fourth-order valence-corrected chi connectivity index (χ4v) is 3.08. The molecule has 1 fully saturated rings. The van der Waals surface area contributed by atoms with Crippen LogP contribution in [0.4, 0.5) is 10.2 Å². The number of hydrogen-bond donors (Lipinski definition) is 3. The van der Waals surface area contributed by atoms with Crippen molar-refractivity contribution < 1.29 is 14.2 Å². The number of methoxy groups -OCH3 is 1. The molecule has 28 heavy (non-hydrogen) atoms. The summed E-state index contributed by atoms with van der Waals surface area (Å²) in [5.41, 5.74) is 0.709. The van der Waals surface area contributed by atoms with Gasteiger partial charge in [-0.15, -0.1) is 24.0 Å². The molecule has 1 unspecified atom stereocenters. The molecule has 2 heterocycles. The van der Waals surface area contributed by atoms with E-state index in [1.165, 1.54) is 6.07 Å². The molecule has 2 aromatic rings. The van der Waals surface area contributed by atoms with Crippen LogP contribution in [0.5, 0.6) is 11.5 Å². The molecule has 7 nitrogen and oxygen atoms in total. The predicted molar refractivity (Wildman–Crippen MR) is 118 cm³/mol. The predicted octanol–water partition coefficient (Wildman–Crippen LogP) is 2.50. The van der Waals surface area contributed by atoms with Gasteiger partial charge in [-0.1, -0.05) is 0 Å². The number of aromatic hydroxyl groups is 1. The van der Waals surface area contributed by atoms with E-state index in [1.54, 1.807) is 44.6 Å². The third-order valence-electron chi connectivity index (χ3n) is 4.52. The smallest absolute Gasteiger partial charge is 0.191 e. The number of nitrogens with zero attached hydrogens (tertiary/aromatic N) is 3. The lowest BCUT2D eigenvalue weighted by Gasteiger charge is -2.20. The minimum Gasteiger partial charge on any atom is -0.508 e. The number of phenols is 1. The number of anilines is 1. The van der Waals surface area contributed by atoms with Gasteiger partial charge in [0, 0.05) is 44.5 Å². The SMILES string of the molecule is CN=C(NCc1cc(OC)ccc1O)NC1CCN(c2ncccc2F)C1.I. The van der Waals surface area contributed by atoms with Crippen molar-refractivity contribution in [3.8, 4) is 11.5 Å². The van der Waals surface area contributed by atoms with E-state index in [9.17, 15) is 9.50 Å². The third kappa shape index (κ3) is 5.37. The van der Waals surface area contributed by atoms with Crippen molar-refractivity contribution in [2.24, 2.45) is 4.99 Å². The number of rotatable bonds is 5. The first-order chi connectivity index (χ1) is 13.1. The number of nitrogens with one attached hydrogen (secondary N) is 2. The summed E-state index contributed by atoms with van der Waals surface area (Å²) < 4.78 is 19.1. The highest BCUT2D eigenvalue weighted by Gasteiger charge is 2.25. The van der Waals surface area contributed by atoms with Gasteiger partial charge in [-0.25, -0.2) is 9.37 Å². The van der Waals surface area contributed by atoms with E-state index in [1.807, 2.05) is 4.90 Å². The van der Waals surface area contributed by atoms with E-state index in [2.05, 4.69) is 20.6 Å². The van der Waals surface area contributed by atoms with E-state index in [-0.39, 0.29) is 41.6 Å². The van der Waals surface area contributed by atoms with Gasteiger partial charge >= 0.3 is 0 Å². The molecule has 1 aromatic heterocycles. The molecule has 1 atom stereocenters. The number of phenolic OH excluding ortho intramolecular Hbond substituents is 1. The zero-order chi connectivity index (χ0) is 19.2. The van der Waals surface area contributed by atoms with Crippen LogP contribution in [0.15, 0.2) is 41.5 Å². The molecule has 1 aliphatic heterocycles. The number of aliphatic imine (C=N–C) groups is 1. The summed E-state index contributed by atoms with van der Waals surface area (Å²) >= 11 is 0. The lowest BCUT2D eigenvalue weighted by molar-refractivity contribution is 0.410. The van der Waals surface area contributed by atoms with Crippen LogP contribution in [0, 0.1) is 5.82 Å². The van der Waals surface area contributed by atoms with Crippen molar-refractivity contribution in [3.05, 3.63) is 47.9 Å². The van der Waals surface area contributed by atoms with E-state index >= 15 is 0 Å². The average molecular weight is 501 g/mol. The number of benzene rings is 1. The number of aromatic nitrogens is 1. The maximum atomic E-state index is 13.9. The summed E-state index contributed by atoms with van der Waals surface area (Å²) in [6, 6.07) is 8.21. The van der Waals surface area contributed by atoms with E-state index in [0.717, 1.165) is 13.0 Å². The minimum absolute atomic E-state index is 0. The maximum Gasteiger partial charge on any atom is 0.191 e. The van der Waals surface area contributed by atoms with Gasteiger partial charge in [-0.05, 0) is 36.8 Å². The first-order valence-corrected chi connectivity index (χ1v) is 8.79. The largest absolute Gasteiger partial charge is 0.508 e. The van der Waals surface area contributed by atoms with Crippen molar-refractivity contribution in [3.63, 3.8) is 0 Å². The Morgan fingerprint density at radius 1 is 1.43 bits per heavy atom. The van der Waals surface area contributed by atoms with Crippen LogP contribution in [-0.2, 0) is 6.54 Å². The van der Waals surface area contributed by atoms with Gasteiger partial charge in [0.2, 0.25) is 0 Å². The van der Waals surface area contributed by atoms with Crippen LogP contribution in [0.1, 0.15) is 12.0 Å². The van der Waals surface area contributed by atoms with Crippen molar-refractivity contribution in [1.82, 2.24) is 15.6 Å². The first kappa shape index (κ1) is 22.0. The molecule has 0 radical (unpaired) electrons. The number of pyridine rings is 1. The number of hydrogen-bond acceptors (Lipinski definition) is 5. The average Bonchev–Trinajstić information content (AvgIpc) is 3.14. The summed E-state index contributed by atoms with van der Waals surface area (Å²) in [6.07, 6.45) is 2.45. The summed E-state index contributed by atoms with van der Waals surface area (Å²) in [7, 11) is 3.27. The van der Waals surface area contributed by atoms with Crippen LogP contribution in [0.25, 0.3) is 0 Å². The van der Waals surface area contributed by atoms with Crippen molar-refractivity contribution >= 4 is 35.8 Å². The van der Waals surface area contributed by atoms with Crippen LogP contribution >= 0.6 is 24.0 Å². The molecule has 1 aromatic carbocycles. The highest BCUT2D eigenvalue weighted by Crippen LogP contribution is 2.23. The Bertz CT molecular complexity index is 821. The molecule has 3 N–H and O–H groups in total. The summed E-state index contributed by atoms with van der Waals surface area (Å²) in [5.74, 6) is 1.55. The van der Waals surface area contributed by atoms with Gasteiger partial charge in [0.1, 0.15) is 11.5 Å². The zero-order valence-electron chi connectivity index (χ0n) is 15.9. The Morgan fingerprint density at radius 2 is 2.25 bits per heavy atom.